The number of amides is 1. The van der Waals surface area contributed by atoms with Crippen molar-refractivity contribution in [3.05, 3.63) is 29.8 Å². The minimum atomic E-state index is -4.95. The van der Waals surface area contributed by atoms with Crippen LogP contribution in [0.2, 0.25) is 0 Å². The zero-order valence-electron chi connectivity index (χ0n) is 13.3. The number of benzene rings is 1. The van der Waals surface area contributed by atoms with Crippen molar-refractivity contribution in [2.75, 3.05) is 11.5 Å². The zero-order valence-corrected chi connectivity index (χ0v) is 13.3. The van der Waals surface area contributed by atoms with E-state index in [1.165, 1.54) is 0 Å². The van der Waals surface area contributed by atoms with E-state index in [-0.39, 0.29) is 13.0 Å². The van der Waals surface area contributed by atoms with Crippen LogP contribution in [0.25, 0.3) is 0 Å². The number of hydrogen-bond acceptors (Lipinski definition) is 4. The fourth-order valence-electron chi connectivity index (χ4n) is 2.39. The minimum absolute atomic E-state index is 0.00623. The predicted molar refractivity (Wildman–Crippen MR) is 80.5 cm³/mol. The summed E-state index contributed by atoms with van der Waals surface area (Å²) in [6, 6.07) is 2.13. The van der Waals surface area contributed by atoms with E-state index >= 15 is 0 Å². The molecule has 136 valence electrons. The monoisotopic (exact) mass is 363 g/mol. The molecule has 1 aromatic rings. The summed E-state index contributed by atoms with van der Waals surface area (Å²) in [6.45, 7) is 2.72. The van der Waals surface area contributed by atoms with E-state index in [0.29, 0.717) is 17.4 Å². The number of halogens is 5. The molecule has 1 atom stereocenters. The van der Waals surface area contributed by atoms with Gasteiger partial charge in [0.1, 0.15) is 11.6 Å². The van der Waals surface area contributed by atoms with Crippen molar-refractivity contribution in [3.63, 3.8) is 0 Å². The van der Waals surface area contributed by atoms with Crippen LogP contribution in [-0.2, 0) is 9.53 Å². The Balaban J connectivity index is 2.58. The molecule has 1 aliphatic rings. The van der Waals surface area contributed by atoms with Gasteiger partial charge in [0.25, 0.3) is 0 Å². The molecule has 0 aromatic heterocycles. The van der Waals surface area contributed by atoms with Gasteiger partial charge >= 0.3 is 6.18 Å². The van der Waals surface area contributed by atoms with E-state index in [0.717, 1.165) is 19.1 Å². The van der Waals surface area contributed by atoms with Crippen molar-refractivity contribution >= 4 is 23.7 Å². The molecule has 1 aliphatic heterocycles. The lowest BCUT2D eigenvalue weighted by Crippen LogP contribution is -2.61. The number of carbonyl (C=O) groups excluding carboxylic acids is 1. The molecule has 0 saturated carbocycles. The van der Waals surface area contributed by atoms with Crippen LogP contribution in [0, 0.1) is 11.6 Å². The highest BCUT2D eigenvalue weighted by Gasteiger charge is 2.58. The van der Waals surface area contributed by atoms with E-state index in [2.05, 4.69) is 10.2 Å². The molecular formula is C15H14F5N3O2. The van der Waals surface area contributed by atoms with Crippen LogP contribution in [0.15, 0.2) is 28.4 Å². The van der Waals surface area contributed by atoms with Crippen LogP contribution in [0.5, 0.6) is 0 Å². The summed E-state index contributed by atoms with van der Waals surface area (Å²) in [7, 11) is 0. The summed E-state index contributed by atoms with van der Waals surface area (Å²) < 4.78 is 72.5. The molecule has 0 saturated heterocycles. The van der Waals surface area contributed by atoms with Crippen molar-refractivity contribution in [2.45, 2.75) is 32.0 Å². The lowest BCUT2D eigenvalue weighted by Gasteiger charge is -2.37. The van der Waals surface area contributed by atoms with Crippen LogP contribution >= 0.6 is 0 Å². The smallest absolute Gasteiger partial charge is 0.434 e. The van der Waals surface area contributed by atoms with Gasteiger partial charge in [-0.15, -0.1) is 10.2 Å². The summed E-state index contributed by atoms with van der Waals surface area (Å²) in [6.07, 6.45) is -4.50. The average Bonchev–Trinajstić information content (AvgIpc) is 2.85. The van der Waals surface area contributed by atoms with Gasteiger partial charge in [-0.25, -0.2) is 8.78 Å². The first-order valence-electron chi connectivity index (χ1n) is 7.22. The van der Waals surface area contributed by atoms with Gasteiger partial charge in [0.2, 0.25) is 12.3 Å². The number of hydrogen-bond donors (Lipinski definition) is 0. The highest BCUT2D eigenvalue weighted by molar-refractivity contribution is 6.22. The van der Waals surface area contributed by atoms with E-state index in [9.17, 15) is 26.7 Å². The molecule has 0 aliphatic carbocycles. The number of nitrogens with zero attached hydrogens (tertiary/aromatic N) is 3. The highest BCUT2D eigenvalue weighted by atomic mass is 19.4. The SMILES string of the molecule is CCCOC1=NN=C(C(F)(F)F)C1(C)N(C=O)c1ccc(F)cc1F. The number of carbonyl (C=O) groups is 1. The standard InChI is InChI=1S/C15H14F5N3O2/c1-3-6-25-13-14(2,12(21-22-13)15(18,19)20)23(8-24)11-5-4-9(16)7-10(11)17/h4-5,7-8H,3,6H2,1-2H3. The quantitative estimate of drug-likeness (QED) is 0.594. The third kappa shape index (κ3) is 3.33. The van der Waals surface area contributed by atoms with Gasteiger partial charge in [-0.2, -0.15) is 13.2 Å². The van der Waals surface area contributed by atoms with Gasteiger partial charge < -0.3 is 4.74 Å². The second-order valence-corrected chi connectivity index (χ2v) is 5.34. The first-order chi connectivity index (χ1) is 11.7. The molecule has 0 spiro atoms. The second-order valence-electron chi connectivity index (χ2n) is 5.34. The Kier molecular flexibility index (Phi) is 5.09. The van der Waals surface area contributed by atoms with Crippen LogP contribution in [0.1, 0.15) is 20.3 Å². The molecule has 2 rings (SSSR count). The molecule has 1 unspecified atom stereocenters. The largest absolute Gasteiger partial charge is 0.478 e. The van der Waals surface area contributed by atoms with Gasteiger partial charge in [-0.1, -0.05) is 6.92 Å². The van der Waals surface area contributed by atoms with Crippen molar-refractivity contribution in [3.8, 4) is 0 Å². The van der Waals surface area contributed by atoms with Crippen LogP contribution in [-0.4, -0.2) is 36.3 Å². The first kappa shape index (κ1) is 18.8. The van der Waals surface area contributed by atoms with E-state index < -0.39 is 40.6 Å². The fraction of sp³-hybridized carbons (Fsp3) is 0.400. The Hall–Kier alpha value is -2.52. The van der Waals surface area contributed by atoms with Crippen LogP contribution in [0.4, 0.5) is 27.6 Å². The van der Waals surface area contributed by atoms with Gasteiger partial charge in [0, 0.05) is 6.07 Å². The van der Waals surface area contributed by atoms with Crippen LogP contribution in [0.3, 0.4) is 0 Å². The highest BCUT2D eigenvalue weighted by Crippen LogP contribution is 2.37. The Bertz CT molecular complexity index is 732. The number of rotatable bonds is 5. The molecule has 1 heterocycles. The minimum Gasteiger partial charge on any atom is -0.478 e. The van der Waals surface area contributed by atoms with E-state index in [1.807, 2.05) is 0 Å². The predicted octanol–water partition coefficient (Wildman–Crippen LogP) is 3.44. The molecule has 10 heteroatoms. The number of anilines is 1. The van der Waals surface area contributed by atoms with Gasteiger partial charge in [0.15, 0.2) is 11.3 Å². The number of alkyl halides is 3. The lowest BCUT2D eigenvalue weighted by molar-refractivity contribution is -0.108. The molecule has 1 amide bonds. The van der Waals surface area contributed by atoms with Gasteiger partial charge in [-0.05, 0) is 25.5 Å². The third-order valence-corrected chi connectivity index (χ3v) is 3.59. The Labute approximate surface area is 139 Å². The molecule has 25 heavy (non-hydrogen) atoms. The lowest BCUT2D eigenvalue weighted by atomic mass is 9.92. The number of ether oxygens (including phenoxy) is 1. The molecule has 0 radical (unpaired) electrons. The maximum absolute atomic E-state index is 14.1. The van der Waals surface area contributed by atoms with Gasteiger partial charge in [-0.3, -0.25) is 9.69 Å². The Morgan fingerprint density at radius 1 is 1.28 bits per heavy atom. The zero-order chi connectivity index (χ0) is 18.8. The third-order valence-electron chi connectivity index (χ3n) is 3.59. The summed E-state index contributed by atoms with van der Waals surface area (Å²) in [4.78, 5) is 12.0. The van der Waals surface area contributed by atoms with Crippen molar-refractivity contribution in [2.24, 2.45) is 10.2 Å². The summed E-state index contributed by atoms with van der Waals surface area (Å²) >= 11 is 0. The molecule has 0 fully saturated rings. The van der Waals surface area contributed by atoms with E-state index in [4.69, 9.17) is 4.74 Å². The first-order valence-corrected chi connectivity index (χ1v) is 7.22. The summed E-state index contributed by atoms with van der Waals surface area (Å²) in [5, 5.41) is 6.47. The molecular weight excluding hydrogens is 349 g/mol. The Morgan fingerprint density at radius 3 is 2.48 bits per heavy atom. The maximum atomic E-state index is 14.1. The van der Waals surface area contributed by atoms with Crippen LogP contribution < -0.4 is 4.90 Å². The van der Waals surface area contributed by atoms with E-state index in [1.54, 1.807) is 6.92 Å². The van der Waals surface area contributed by atoms with Crippen molar-refractivity contribution < 1.29 is 31.5 Å². The molecule has 1 aromatic carbocycles. The maximum Gasteiger partial charge on any atom is 0.434 e. The topological polar surface area (TPSA) is 54.3 Å². The Morgan fingerprint density at radius 2 is 1.96 bits per heavy atom. The van der Waals surface area contributed by atoms with Gasteiger partial charge in [0.05, 0.1) is 12.3 Å². The van der Waals surface area contributed by atoms with Crippen molar-refractivity contribution in [1.29, 1.82) is 0 Å². The second kappa shape index (κ2) is 6.77. The molecule has 0 N–H and O–H groups in total. The molecule has 0 bridgehead atoms. The average molecular weight is 363 g/mol. The molecule has 5 nitrogen and oxygen atoms in total. The normalized spacial score (nSPS) is 20.1. The fourth-order valence-corrected chi connectivity index (χ4v) is 2.39. The van der Waals surface area contributed by atoms with Crippen molar-refractivity contribution in [1.82, 2.24) is 0 Å². The summed E-state index contributed by atoms with van der Waals surface area (Å²) in [5.74, 6) is -2.65. The summed E-state index contributed by atoms with van der Waals surface area (Å²) in [5.41, 5.74) is -4.33.